The van der Waals surface area contributed by atoms with Crippen molar-refractivity contribution in [3.8, 4) is 0 Å². The Kier molecular flexibility index (Phi) is 1.60. The van der Waals surface area contributed by atoms with Crippen molar-refractivity contribution in [2.24, 2.45) is 4.99 Å². The second-order valence-electron chi connectivity index (χ2n) is 2.32. The van der Waals surface area contributed by atoms with E-state index in [4.69, 9.17) is 4.74 Å². The number of amidine groups is 1. The first-order chi connectivity index (χ1) is 4.24. The van der Waals surface area contributed by atoms with Crippen LogP contribution < -0.4 is 0 Å². The van der Waals surface area contributed by atoms with Crippen LogP contribution in [0, 0.1) is 0 Å². The van der Waals surface area contributed by atoms with Crippen molar-refractivity contribution in [1.82, 2.24) is 4.90 Å². The van der Waals surface area contributed by atoms with E-state index in [9.17, 15) is 0 Å². The topological polar surface area (TPSA) is 24.8 Å². The van der Waals surface area contributed by atoms with Gasteiger partial charge in [0.1, 0.15) is 6.10 Å². The molecule has 1 fully saturated rings. The minimum Gasteiger partial charge on any atom is -0.460 e. The van der Waals surface area contributed by atoms with Crippen molar-refractivity contribution in [2.75, 3.05) is 20.6 Å². The molecular weight excluding hydrogens is 116 g/mol. The zero-order chi connectivity index (χ0) is 6.85. The molecule has 3 heteroatoms. The van der Waals surface area contributed by atoms with Crippen molar-refractivity contribution in [3.05, 3.63) is 0 Å². The Morgan fingerprint density at radius 3 is 2.67 bits per heavy atom. The lowest BCUT2D eigenvalue weighted by atomic mass is 10.4. The highest BCUT2D eigenvalue weighted by molar-refractivity contribution is 5.75. The van der Waals surface area contributed by atoms with E-state index in [0.717, 1.165) is 12.6 Å². The van der Waals surface area contributed by atoms with Crippen LogP contribution in [0.2, 0.25) is 0 Å². The van der Waals surface area contributed by atoms with E-state index in [1.165, 1.54) is 0 Å². The Bertz CT molecular complexity index is 133. The normalized spacial score (nSPS) is 31.2. The third-order valence-electron chi connectivity index (χ3n) is 1.36. The molecule has 0 N–H and O–H groups in total. The first-order valence-electron chi connectivity index (χ1n) is 3.08. The van der Waals surface area contributed by atoms with E-state index in [1.54, 1.807) is 7.05 Å². The molecule has 0 amide bonds. The summed E-state index contributed by atoms with van der Waals surface area (Å²) in [6.07, 6.45) is 0.300. The van der Waals surface area contributed by atoms with Crippen molar-refractivity contribution >= 4 is 6.02 Å². The predicted molar refractivity (Wildman–Crippen MR) is 36.5 cm³/mol. The SMILES string of the molecule is CN=C1OC(C)CN1C. The second kappa shape index (κ2) is 2.25. The highest BCUT2D eigenvalue weighted by Crippen LogP contribution is 2.06. The summed E-state index contributed by atoms with van der Waals surface area (Å²) in [5.74, 6) is 0. The molecule has 0 aliphatic carbocycles. The smallest absolute Gasteiger partial charge is 0.287 e. The zero-order valence-corrected chi connectivity index (χ0v) is 6.09. The van der Waals surface area contributed by atoms with Crippen molar-refractivity contribution in [1.29, 1.82) is 0 Å². The third-order valence-corrected chi connectivity index (χ3v) is 1.36. The number of ether oxygens (including phenoxy) is 1. The summed E-state index contributed by atoms with van der Waals surface area (Å²) in [5.41, 5.74) is 0. The summed E-state index contributed by atoms with van der Waals surface area (Å²) >= 11 is 0. The summed E-state index contributed by atoms with van der Waals surface area (Å²) < 4.78 is 5.30. The van der Waals surface area contributed by atoms with Gasteiger partial charge in [0.05, 0.1) is 6.54 Å². The van der Waals surface area contributed by atoms with E-state index in [-0.39, 0.29) is 0 Å². The van der Waals surface area contributed by atoms with Gasteiger partial charge < -0.3 is 9.64 Å². The molecule has 9 heavy (non-hydrogen) atoms. The van der Waals surface area contributed by atoms with Gasteiger partial charge in [-0.25, -0.2) is 4.99 Å². The molecule has 0 spiro atoms. The largest absolute Gasteiger partial charge is 0.460 e. The van der Waals surface area contributed by atoms with Crippen LogP contribution in [0.1, 0.15) is 6.92 Å². The number of rotatable bonds is 0. The number of hydrogen-bond donors (Lipinski definition) is 0. The lowest BCUT2D eigenvalue weighted by Gasteiger charge is -2.04. The maximum Gasteiger partial charge on any atom is 0.287 e. The van der Waals surface area contributed by atoms with Crippen LogP contribution in [0.4, 0.5) is 0 Å². The van der Waals surface area contributed by atoms with Gasteiger partial charge in [-0.1, -0.05) is 0 Å². The molecule has 1 aliphatic rings. The number of likely N-dealkylation sites (N-methyl/N-ethyl adjacent to an activating group) is 1. The Hall–Kier alpha value is -0.730. The standard InChI is InChI=1S/C6H12N2O/c1-5-4-8(3)6(7-2)9-5/h5H,4H2,1-3H3. The van der Waals surface area contributed by atoms with Crippen molar-refractivity contribution < 1.29 is 4.74 Å². The average Bonchev–Trinajstić information content (AvgIpc) is 2.10. The lowest BCUT2D eigenvalue weighted by molar-refractivity contribution is 0.251. The molecule has 1 atom stereocenters. The van der Waals surface area contributed by atoms with Crippen LogP contribution in [-0.4, -0.2) is 37.7 Å². The molecule has 3 nitrogen and oxygen atoms in total. The molecule has 0 aromatic rings. The van der Waals surface area contributed by atoms with Crippen molar-refractivity contribution in [2.45, 2.75) is 13.0 Å². The maximum atomic E-state index is 5.30. The van der Waals surface area contributed by atoms with Gasteiger partial charge in [-0.3, -0.25) is 0 Å². The maximum absolute atomic E-state index is 5.30. The fraction of sp³-hybridized carbons (Fsp3) is 0.833. The van der Waals surface area contributed by atoms with Crippen LogP contribution in [-0.2, 0) is 4.74 Å². The molecule has 1 rings (SSSR count). The molecule has 1 saturated heterocycles. The molecule has 0 bridgehead atoms. The van der Waals surface area contributed by atoms with E-state index >= 15 is 0 Å². The molecule has 1 aliphatic heterocycles. The summed E-state index contributed by atoms with van der Waals surface area (Å²) in [5, 5.41) is 0. The predicted octanol–water partition coefficient (Wildman–Crippen LogP) is 0.323. The van der Waals surface area contributed by atoms with Gasteiger partial charge in [0.2, 0.25) is 0 Å². The fourth-order valence-electron chi connectivity index (χ4n) is 0.994. The summed E-state index contributed by atoms with van der Waals surface area (Å²) in [6, 6.07) is 0.752. The van der Waals surface area contributed by atoms with Gasteiger partial charge >= 0.3 is 0 Å². The van der Waals surface area contributed by atoms with Crippen LogP contribution in [0.25, 0.3) is 0 Å². The minimum absolute atomic E-state index is 0.300. The van der Waals surface area contributed by atoms with E-state index in [1.807, 2.05) is 18.9 Å². The van der Waals surface area contributed by atoms with E-state index < -0.39 is 0 Å². The van der Waals surface area contributed by atoms with Crippen molar-refractivity contribution in [3.63, 3.8) is 0 Å². The molecule has 0 radical (unpaired) electrons. The second-order valence-corrected chi connectivity index (χ2v) is 2.32. The number of aliphatic imine (C=N–C) groups is 1. The Balaban J connectivity index is 2.58. The number of hydrogen-bond acceptors (Lipinski definition) is 2. The van der Waals surface area contributed by atoms with Crippen LogP contribution in [0.15, 0.2) is 4.99 Å². The highest BCUT2D eigenvalue weighted by Gasteiger charge is 2.21. The fourth-order valence-corrected chi connectivity index (χ4v) is 0.994. The van der Waals surface area contributed by atoms with E-state index in [0.29, 0.717) is 6.10 Å². The average molecular weight is 128 g/mol. The monoisotopic (exact) mass is 128 g/mol. The summed E-state index contributed by atoms with van der Waals surface area (Å²) in [4.78, 5) is 5.94. The first-order valence-corrected chi connectivity index (χ1v) is 3.08. The van der Waals surface area contributed by atoms with Gasteiger partial charge in [0.15, 0.2) is 0 Å². The molecule has 1 unspecified atom stereocenters. The van der Waals surface area contributed by atoms with Gasteiger partial charge in [0, 0.05) is 14.1 Å². The summed E-state index contributed by atoms with van der Waals surface area (Å²) in [6.45, 7) is 2.99. The molecule has 0 aromatic heterocycles. The zero-order valence-electron chi connectivity index (χ0n) is 6.09. The molecule has 52 valence electrons. The van der Waals surface area contributed by atoms with Gasteiger partial charge in [-0.2, -0.15) is 0 Å². The molecule has 0 saturated carbocycles. The third kappa shape index (κ3) is 1.15. The van der Waals surface area contributed by atoms with Crippen LogP contribution in [0.5, 0.6) is 0 Å². The quantitative estimate of drug-likeness (QED) is 0.469. The Morgan fingerprint density at radius 2 is 2.44 bits per heavy atom. The first kappa shape index (κ1) is 6.39. The van der Waals surface area contributed by atoms with Crippen LogP contribution in [0.3, 0.4) is 0 Å². The molecule has 1 heterocycles. The molecule has 0 aromatic carbocycles. The Labute approximate surface area is 55.3 Å². The lowest BCUT2D eigenvalue weighted by Crippen LogP contribution is -2.19. The van der Waals surface area contributed by atoms with Gasteiger partial charge in [-0.15, -0.1) is 0 Å². The minimum atomic E-state index is 0.300. The van der Waals surface area contributed by atoms with Gasteiger partial charge in [-0.05, 0) is 6.92 Å². The van der Waals surface area contributed by atoms with E-state index in [2.05, 4.69) is 4.99 Å². The summed E-state index contributed by atoms with van der Waals surface area (Å²) in [7, 11) is 3.72. The highest BCUT2D eigenvalue weighted by atomic mass is 16.5. The molecular formula is C6H12N2O. The van der Waals surface area contributed by atoms with Crippen LogP contribution >= 0.6 is 0 Å². The number of nitrogens with zero attached hydrogens (tertiary/aromatic N) is 2. The Morgan fingerprint density at radius 1 is 1.78 bits per heavy atom. The van der Waals surface area contributed by atoms with Gasteiger partial charge in [0.25, 0.3) is 6.02 Å².